The van der Waals surface area contributed by atoms with Crippen molar-refractivity contribution in [3.8, 4) is 0 Å². The van der Waals surface area contributed by atoms with Gasteiger partial charge in [-0.15, -0.1) is 0 Å². The summed E-state index contributed by atoms with van der Waals surface area (Å²) in [5.74, 6) is 0. The Balaban J connectivity index is 1.99. The predicted octanol–water partition coefficient (Wildman–Crippen LogP) is 5.02. The Morgan fingerprint density at radius 3 is 2.00 bits per heavy atom. The summed E-state index contributed by atoms with van der Waals surface area (Å²) >= 11 is 0. The third-order valence-corrected chi connectivity index (χ3v) is 4.75. The van der Waals surface area contributed by atoms with Gasteiger partial charge in [-0.25, -0.2) is 0 Å². The van der Waals surface area contributed by atoms with E-state index in [1.165, 1.54) is 38.9 Å². The summed E-state index contributed by atoms with van der Waals surface area (Å²) in [5, 5.41) is 4.28. The van der Waals surface area contributed by atoms with Crippen molar-refractivity contribution in [2.45, 2.75) is 41.2 Å². The first kappa shape index (κ1) is 17.0. The zero-order chi connectivity index (χ0) is 16.8. The third kappa shape index (κ3) is 4.10. The van der Waals surface area contributed by atoms with Crippen molar-refractivity contribution in [3.05, 3.63) is 75.4 Å². The van der Waals surface area contributed by atoms with Crippen molar-refractivity contribution in [1.82, 2.24) is 5.43 Å². The van der Waals surface area contributed by atoms with Crippen LogP contribution in [0.1, 0.15) is 38.9 Å². The second-order valence-electron chi connectivity index (χ2n) is 5.99. The highest BCUT2D eigenvalue weighted by Crippen LogP contribution is 2.25. The standard InChI is InChI=1S/C21H26N2/c1-15-16(2)18(4)21(19(5)17(15)3)14-23-22-13-9-12-20-10-7-6-8-11-20/h6-13,23H,14H2,1-5H3/b12-9+,22-13+. The van der Waals surface area contributed by atoms with E-state index in [1.807, 2.05) is 30.4 Å². The number of nitrogens with one attached hydrogen (secondary N) is 1. The van der Waals surface area contributed by atoms with Gasteiger partial charge in [-0.1, -0.05) is 36.4 Å². The molecule has 1 N–H and O–H groups in total. The Labute approximate surface area is 139 Å². The Morgan fingerprint density at radius 1 is 0.826 bits per heavy atom. The van der Waals surface area contributed by atoms with Gasteiger partial charge in [0.15, 0.2) is 0 Å². The van der Waals surface area contributed by atoms with E-state index in [0.717, 1.165) is 6.54 Å². The molecule has 0 atom stereocenters. The molecule has 0 aromatic heterocycles. The zero-order valence-electron chi connectivity index (χ0n) is 14.8. The molecule has 2 heteroatoms. The lowest BCUT2D eigenvalue weighted by atomic mass is 9.90. The number of nitrogens with zero attached hydrogens (tertiary/aromatic N) is 1. The second kappa shape index (κ2) is 7.77. The van der Waals surface area contributed by atoms with Crippen LogP contribution in [-0.4, -0.2) is 6.21 Å². The fourth-order valence-electron chi connectivity index (χ4n) is 2.78. The molecule has 0 bridgehead atoms. The number of hydrogen-bond donors (Lipinski definition) is 1. The predicted molar refractivity (Wildman–Crippen MR) is 101 cm³/mol. The molecule has 0 unspecified atom stereocenters. The first-order chi connectivity index (χ1) is 11.0. The molecule has 120 valence electrons. The van der Waals surface area contributed by atoms with Crippen LogP contribution in [0, 0.1) is 34.6 Å². The average molecular weight is 306 g/mol. The minimum atomic E-state index is 0.759. The molecule has 0 radical (unpaired) electrons. The van der Waals surface area contributed by atoms with E-state index >= 15 is 0 Å². The van der Waals surface area contributed by atoms with Crippen LogP contribution >= 0.6 is 0 Å². The minimum absolute atomic E-state index is 0.759. The molecule has 23 heavy (non-hydrogen) atoms. The fourth-order valence-corrected chi connectivity index (χ4v) is 2.78. The van der Waals surface area contributed by atoms with Crippen LogP contribution in [0.4, 0.5) is 0 Å². The van der Waals surface area contributed by atoms with Crippen molar-refractivity contribution < 1.29 is 0 Å². The van der Waals surface area contributed by atoms with E-state index in [-0.39, 0.29) is 0 Å². The molecule has 2 nitrogen and oxygen atoms in total. The third-order valence-electron chi connectivity index (χ3n) is 4.75. The molecule has 0 fully saturated rings. The smallest absolute Gasteiger partial charge is 0.0585 e. The van der Waals surface area contributed by atoms with E-state index in [9.17, 15) is 0 Å². The van der Waals surface area contributed by atoms with Crippen LogP contribution in [0.5, 0.6) is 0 Å². The number of benzene rings is 2. The molecule has 0 spiro atoms. The van der Waals surface area contributed by atoms with Crippen molar-refractivity contribution in [3.63, 3.8) is 0 Å². The average Bonchev–Trinajstić information content (AvgIpc) is 2.58. The van der Waals surface area contributed by atoms with E-state index in [4.69, 9.17) is 0 Å². The molecule has 0 amide bonds. The van der Waals surface area contributed by atoms with Crippen LogP contribution in [0.25, 0.3) is 6.08 Å². The Hall–Kier alpha value is -2.35. The SMILES string of the molecule is Cc1c(C)c(C)c(CN/N=C/C=C/c2ccccc2)c(C)c1C. The van der Waals surface area contributed by atoms with Crippen molar-refractivity contribution in [1.29, 1.82) is 0 Å². The number of hydrazone groups is 1. The summed E-state index contributed by atoms with van der Waals surface area (Å²) in [6, 6.07) is 10.2. The summed E-state index contributed by atoms with van der Waals surface area (Å²) < 4.78 is 0. The molecule has 0 saturated heterocycles. The highest BCUT2D eigenvalue weighted by atomic mass is 15.3. The summed E-state index contributed by atoms with van der Waals surface area (Å²) in [6.45, 7) is 11.8. The highest BCUT2D eigenvalue weighted by molar-refractivity contribution is 5.77. The van der Waals surface area contributed by atoms with Crippen molar-refractivity contribution in [2.75, 3.05) is 0 Å². The maximum Gasteiger partial charge on any atom is 0.0585 e. The Kier molecular flexibility index (Phi) is 5.75. The Bertz CT molecular complexity index is 696. The van der Waals surface area contributed by atoms with Gasteiger partial charge in [-0.2, -0.15) is 5.10 Å². The lowest BCUT2D eigenvalue weighted by Crippen LogP contribution is -2.11. The Morgan fingerprint density at radius 2 is 1.39 bits per heavy atom. The summed E-state index contributed by atoms with van der Waals surface area (Å²) in [4.78, 5) is 0. The number of rotatable bonds is 5. The van der Waals surface area contributed by atoms with Crippen LogP contribution in [-0.2, 0) is 6.54 Å². The number of allylic oxidation sites excluding steroid dienone is 1. The molecule has 2 rings (SSSR count). The van der Waals surface area contributed by atoms with Gasteiger partial charge in [0.25, 0.3) is 0 Å². The van der Waals surface area contributed by atoms with Gasteiger partial charge < -0.3 is 5.43 Å². The zero-order valence-corrected chi connectivity index (χ0v) is 14.8. The van der Waals surface area contributed by atoms with Gasteiger partial charge in [-0.05, 0) is 79.6 Å². The molecule has 0 heterocycles. The van der Waals surface area contributed by atoms with Crippen molar-refractivity contribution in [2.24, 2.45) is 5.10 Å². The van der Waals surface area contributed by atoms with Gasteiger partial charge in [-0.3, -0.25) is 0 Å². The largest absolute Gasteiger partial charge is 0.306 e. The second-order valence-corrected chi connectivity index (χ2v) is 5.99. The summed E-state index contributed by atoms with van der Waals surface area (Å²) in [5.41, 5.74) is 12.6. The monoisotopic (exact) mass is 306 g/mol. The highest BCUT2D eigenvalue weighted by Gasteiger charge is 2.11. The van der Waals surface area contributed by atoms with Gasteiger partial charge in [0.2, 0.25) is 0 Å². The first-order valence-electron chi connectivity index (χ1n) is 8.05. The summed E-state index contributed by atoms with van der Waals surface area (Å²) in [7, 11) is 0. The quantitative estimate of drug-likeness (QED) is 0.609. The molecular formula is C21H26N2. The molecule has 2 aromatic carbocycles. The van der Waals surface area contributed by atoms with E-state index in [0.29, 0.717) is 0 Å². The summed E-state index contributed by atoms with van der Waals surface area (Å²) in [6.07, 6.45) is 5.79. The van der Waals surface area contributed by atoms with Crippen molar-refractivity contribution >= 4 is 12.3 Å². The molecule has 0 saturated carbocycles. The molecular weight excluding hydrogens is 280 g/mol. The van der Waals surface area contributed by atoms with E-state index in [2.05, 4.69) is 57.3 Å². The molecule has 0 aliphatic heterocycles. The lowest BCUT2D eigenvalue weighted by molar-refractivity contribution is 0.738. The minimum Gasteiger partial charge on any atom is -0.306 e. The van der Waals surface area contributed by atoms with Crippen LogP contribution < -0.4 is 5.43 Å². The van der Waals surface area contributed by atoms with Gasteiger partial charge in [0.1, 0.15) is 0 Å². The van der Waals surface area contributed by atoms with E-state index < -0.39 is 0 Å². The maximum absolute atomic E-state index is 4.28. The van der Waals surface area contributed by atoms with Gasteiger partial charge >= 0.3 is 0 Å². The lowest BCUT2D eigenvalue weighted by Gasteiger charge is -2.18. The van der Waals surface area contributed by atoms with Crippen LogP contribution in [0.15, 0.2) is 41.5 Å². The molecule has 0 aliphatic carbocycles. The normalized spacial score (nSPS) is 11.5. The van der Waals surface area contributed by atoms with E-state index in [1.54, 1.807) is 6.21 Å². The molecule has 0 aliphatic rings. The van der Waals surface area contributed by atoms with Crippen LogP contribution in [0.3, 0.4) is 0 Å². The first-order valence-corrected chi connectivity index (χ1v) is 8.05. The molecule has 2 aromatic rings. The van der Waals surface area contributed by atoms with Crippen LogP contribution in [0.2, 0.25) is 0 Å². The number of hydrogen-bond acceptors (Lipinski definition) is 2. The topological polar surface area (TPSA) is 24.4 Å². The van der Waals surface area contributed by atoms with Gasteiger partial charge in [0.05, 0.1) is 6.54 Å². The fraction of sp³-hybridized carbons (Fsp3) is 0.286. The van der Waals surface area contributed by atoms with Gasteiger partial charge in [0, 0.05) is 6.21 Å². The maximum atomic E-state index is 4.28.